The van der Waals surface area contributed by atoms with E-state index in [1.807, 2.05) is 30.3 Å². The van der Waals surface area contributed by atoms with Gasteiger partial charge in [0.25, 0.3) is 17.7 Å². The van der Waals surface area contributed by atoms with Gasteiger partial charge in [-0.2, -0.15) is 0 Å². The van der Waals surface area contributed by atoms with Crippen molar-refractivity contribution in [2.75, 3.05) is 19.6 Å². The van der Waals surface area contributed by atoms with E-state index < -0.39 is 6.04 Å². The summed E-state index contributed by atoms with van der Waals surface area (Å²) in [7, 11) is 0. The highest BCUT2D eigenvalue weighted by molar-refractivity contribution is 7.10. The Balaban J connectivity index is 1.41. The molecule has 0 radical (unpaired) electrons. The zero-order valence-corrected chi connectivity index (χ0v) is 28.3. The van der Waals surface area contributed by atoms with Crippen LogP contribution in [-0.2, 0) is 11.2 Å². The van der Waals surface area contributed by atoms with Crippen molar-refractivity contribution in [3.8, 4) is 0 Å². The van der Waals surface area contributed by atoms with Crippen LogP contribution in [0.4, 0.5) is 0 Å². The lowest BCUT2D eigenvalue weighted by Crippen LogP contribution is -2.36. The van der Waals surface area contributed by atoms with E-state index in [9.17, 15) is 19.2 Å². The molecular weight excluding hydrogens is 639 g/mol. The first-order valence-corrected chi connectivity index (χ1v) is 17.5. The molecule has 248 valence electrons. The molecule has 3 aromatic heterocycles. The number of hydrogen-bond acceptors (Lipinski definition) is 10. The monoisotopic (exact) mass is 677 g/mol. The van der Waals surface area contributed by atoms with Gasteiger partial charge in [0, 0.05) is 36.8 Å². The third-order valence-electron chi connectivity index (χ3n) is 7.69. The van der Waals surface area contributed by atoms with Crippen molar-refractivity contribution in [1.29, 1.82) is 0 Å². The van der Waals surface area contributed by atoms with Crippen molar-refractivity contribution in [3.05, 3.63) is 85.9 Å². The first kappa shape index (κ1) is 33.9. The van der Waals surface area contributed by atoms with E-state index in [0.29, 0.717) is 61.1 Å². The van der Waals surface area contributed by atoms with Crippen LogP contribution in [0, 0.1) is 12.8 Å². The molecule has 3 N–H and O–H groups in total. The smallest absolute Gasteiger partial charge is 0.276 e. The fraction of sp³-hybridized carbons (Fsp3) is 0.424. The predicted octanol–water partition coefficient (Wildman–Crippen LogP) is 4.87. The number of hydrogen-bond donors (Lipinski definition) is 3. The second-order valence-corrected chi connectivity index (χ2v) is 13.6. The van der Waals surface area contributed by atoms with Gasteiger partial charge < -0.3 is 25.3 Å². The summed E-state index contributed by atoms with van der Waals surface area (Å²) in [6.45, 7) is 6.79. The summed E-state index contributed by atoms with van der Waals surface area (Å²) in [5.41, 5.74) is 1.74. The Morgan fingerprint density at radius 3 is 2.32 bits per heavy atom. The van der Waals surface area contributed by atoms with E-state index in [1.165, 1.54) is 29.1 Å². The molecule has 1 aliphatic rings. The molecule has 0 saturated heterocycles. The Kier molecular flexibility index (Phi) is 11.5. The van der Waals surface area contributed by atoms with Gasteiger partial charge in [-0.05, 0) is 44.1 Å². The van der Waals surface area contributed by atoms with Gasteiger partial charge in [0.05, 0.1) is 12.1 Å². The maximum absolute atomic E-state index is 13.5. The highest BCUT2D eigenvalue weighted by atomic mass is 32.1. The molecule has 4 bridgehead atoms. The van der Waals surface area contributed by atoms with Gasteiger partial charge in [-0.1, -0.05) is 44.2 Å². The molecule has 4 amide bonds. The fourth-order valence-corrected chi connectivity index (χ4v) is 7.03. The van der Waals surface area contributed by atoms with Gasteiger partial charge in [0.1, 0.15) is 27.2 Å². The molecule has 0 spiro atoms. The molecule has 0 unspecified atom stereocenters. The molecule has 4 aromatic rings. The Morgan fingerprint density at radius 2 is 1.64 bits per heavy atom. The van der Waals surface area contributed by atoms with E-state index >= 15 is 0 Å². The molecule has 0 aliphatic carbocycles. The third kappa shape index (κ3) is 9.10. The topological polar surface area (TPSA) is 159 Å². The van der Waals surface area contributed by atoms with E-state index in [0.717, 1.165) is 5.56 Å². The average molecular weight is 678 g/mol. The second-order valence-electron chi connectivity index (χ2n) is 11.9. The van der Waals surface area contributed by atoms with Crippen LogP contribution in [0.25, 0.3) is 0 Å². The number of aromatic nitrogens is 3. The highest BCUT2D eigenvalue weighted by Crippen LogP contribution is 2.27. The summed E-state index contributed by atoms with van der Waals surface area (Å²) < 4.78 is 5.25. The second kappa shape index (κ2) is 15.9. The van der Waals surface area contributed by atoms with Gasteiger partial charge in [0.15, 0.2) is 12.1 Å². The number of fused-ring (bicyclic) bond motifs is 4. The molecule has 2 atom stereocenters. The quantitative estimate of drug-likeness (QED) is 0.270. The fourth-order valence-electron chi connectivity index (χ4n) is 5.31. The number of nitrogens with zero attached hydrogens (tertiary/aromatic N) is 4. The number of benzene rings is 1. The first-order chi connectivity index (χ1) is 22.7. The van der Waals surface area contributed by atoms with Crippen molar-refractivity contribution >= 4 is 46.3 Å². The maximum atomic E-state index is 13.5. The normalized spacial score (nSPS) is 18.6. The minimum absolute atomic E-state index is 0.165. The van der Waals surface area contributed by atoms with Crippen LogP contribution in [0.3, 0.4) is 0 Å². The first-order valence-electron chi connectivity index (χ1n) is 15.7. The number of carbonyl (C=O) groups is 4. The average Bonchev–Trinajstić information content (AvgIpc) is 3.82. The number of aryl methyl sites for hydroxylation is 1. The minimum Gasteiger partial charge on any atom is -0.448 e. The molecule has 0 fully saturated rings. The van der Waals surface area contributed by atoms with E-state index in [-0.39, 0.29) is 59.1 Å². The number of oxazole rings is 1. The van der Waals surface area contributed by atoms with Crippen molar-refractivity contribution in [3.63, 3.8) is 0 Å². The Morgan fingerprint density at radius 1 is 0.957 bits per heavy atom. The van der Waals surface area contributed by atoms with E-state index in [4.69, 9.17) is 4.42 Å². The lowest BCUT2D eigenvalue weighted by molar-refractivity contribution is -0.122. The van der Waals surface area contributed by atoms with Crippen molar-refractivity contribution in [2.45, 2.75) is 65.0 Å². The Bertz CT molecular complexity index is 1680. The molecule has 12 nitrogen and oxygen atoms in total. The SMILES string of the molecule is Cc1ocnc1C(=O)N1CCCNC(=O)c2csc(n2)[C@H](Cc2ccccc2)NC(=O)c2csc(n2)[C@H](CC(C)C)NC(=O)CCC1. The van der Waals surface area contributed by atoms with Gasteiger partial charge in [-0.15, -0.1) is 22.7 Å². The largest absolute Gasteiger partial charge is 0.448 e. The zero-order chi connectivity index (χ0) is 33.3. The summed E-state index contributed by atoms with van der Waals surface area (Å²) in [6.07, 6.45) is 3.45. The number of thiazole rings is 2. The van der Waals surface area contributed by atoms with Gasteiger partial charge in [0.2, 0.25) is 5.91 Å². The molecule has 0 saturated carbocycles. The van der Waals surface area contributed by atoms with Crippen LogP contribution in [0.1, 0.15) is 104 Å². The number of rotatable bonds is 5. The molecule has 1 aliphatic heterocycles. The van der Waals surface area contributed by atoms with E-state index in [2.05, 4.69) is 44.7 Å². The summed E-state index contributed by atoms with van der Waals surface area (Å²) in [5.74, 6) is -0.476. The van der Waals surface area contributed by atoms with Crippen LogP contribution in [0.2, 0.25) is 0 Å². The summed E-state index contributed by atoms with van der Waals surface area (Å²) >= 11 is 2.63. The van der Waals surface area contributed by atoms with Crippen LogP contribution < -0.4 is 16.0 Å². The van der Waals surface area contributed by atoms with Gasteiger partial charge in [-0.3, -0.25) is 19.2 Å². The molecule has 4 heterocycles. The molecule has 1 aromatic carbocycles. The van der Waals surface area contributed by atoms with Gasteiger partial charge in [-0.25, -0.2) is 15.0 Å². The number of amides is 4. The molecule has 5 rings (SSSR count). The van der Waals surface area contributed by atoms with Crippen LogP contribution in [-0.4, -0.2) is 63.1 Å². The third-order valence-corrected chi connectivity index (χ3v) is 9.61. The highest BCUT2D eigenvalue weighted by Gasteiger charge is 2.26. The summed E-state index contributed by atoms with van der Waals surface area (Å²) in [4.78, 5) is 68.0. The standard InChI is InChI=1S/C33H39N7O5S2/c1-20(2)15-23-31-39-26(18-47-31)30(43)37-24(16-22-9-5-4-6-10-22)32-38-25(17-46-32)29(42)34-12-8-14-40(13-7-11-27(41)36-23)33(44)28-21(3)45-19-35-28/h4-6,9-10,17-20,23-24H,7-8,11-16H2,1-3H3,(H,34,42)(H,36,41)(H,37,43)/t23-,24-/m0/s1. The van der Waals surface area contributed by atoms with E-state index in [1.54, 1.807) is 22.6 Å². The predicted molar refractivity (Wildman–Crippen MR) is 178 cm³/mol. The van der Waals surface area contributed by atoms with Crippen LogP contribution in [0.15, 0.2) is 51.9 Å². The minimum atomic E-state index is -0.499. The maximum Gasteiger partial charge on any atom is 0.276 e. The zero-order valence-electron chi connectivity index (χ0n) is 26.7. The van der Waals surface area contributed by atoms with Crippen molar-refractivity contribution < 1.29 is 23.6 Å². The number of carbonyl (C=O) groups excluding carboxylic acids is 4. The van der Waals surface area contributed by atoms with Gasteiger partial charge >= 0.3 is 0 Å². The van der Waals surface area contributed by atoms with Crippen LogP contribution >= 0.6 is 22.7 Å². The lowest BCUT2D eigenvalue weighted by atomic mass is 10.0. The number of nitrogens with one attached hydrogen (secondary N) is 3. The molecule has 14 heteroatoms. The summed E-state index contributed by atoms with van der Waals surface area (Å²) in [6, 6.07) is 8.89. The lowest BCUT2D eigenvalue weighted by Gasteiger charge is -2.23. The Hall–Kier alpha value is -4.43. The van der Waals surface area contributed by atoms with Crippen LogP contribution in [0.5, 0.6) is 0 Å². The summed E-state index contributed by atoms with van der Waals surface area (Å²) in [5, 5.41) is 13.7. The molecular formula is C33H39N7O5S2. The molecule has 47 heavy (non-hydrogen) atoms. The Labute approximate surface area is 281 Å². The van der Waals surface area contributed by atoms with Crippen molar-refractivity contribution in [1.82, 2.24) is 35.8 Å². The van der Waals surface area contributed by atoms with Crippen molar-refractivity contribution in [2.24, 2.45) is 5.92 Å².